The molecule has 2 N–H and O–H groups in total. The molecule has 1 aromatic carbocycles. The summed E-state index contributed by atoms with van der Waals surface area (Å²) in [6.45, 7) is 2.16. The van der Waals surface area contributed by atoms with Gasteiger partial charge in [0, 0.05) is 17.5 Å². The Bertz CT molecular complexity index is 578. The van der Waals surface area contributed by atoms with Crippen molar-refractivity contribution in [1.29, 1.82) is 0 Å². The van der Waals surface area contributed by atoms with Crippen molar-refractivity contribution in [2.45, 2.75) is 39.0 Å². The highest BCUT2D eigenvalue weighted by Crippen LogP contribution is 2.21. The SMILES string of the molecule is CCCCCCC(=O)c1cc(N)c2ccccc2n1. The zero-order valence-corrected chi connectivity index (χ0v) is 11.4. The third kappa shape index (κ3) is 3.31. The number of fused-ring (bicyclic) bond motifs is 1. The van der Waals surface area contributed by atoms with Crippen LogP contribution in [-0.4, -0.2) is 10.8 Å². The molecule has 0 bridgehead atoms. The number of benzene rings is 1. The van der Waals surface area contributed by atoms with E-state index in [2.05, 4.69) is 11.9 Å². The molecule has 0 unspecified atom stereocenters. The predicted octanol–water partition coefficient (Wildman–Crippen LogP) is 3.97. The molecule has 0 saturated heterocycles. The molecule has 0 aliphatic rings. The summed E-state index contributed by atoms with van der Waals surface area (Å²) in [5.74, 6) is 0.0913. The van der Waals surface area contributed by atoms with Gasteiger partial charge in [0.15, 0.2) is 5.78 Å². The molecule has 0 atom stereocenters. The number of nitrogens with zero attached hydrogens (tertiary/aromatic N) is 1. The topological polar surface area (TPSA) is 56.0 Å². The molecular formula is C16H20N2O. The number of nitrogen functional groups attached to an aromatic ring is 1. The van der Waals surface area contributed by atoms with Crippen LogP contribution in [0.4, 0.5) is 5.69 Å². The first-order valence-electron chi connectivity index (χ1n) is 6.91. The minimum Gasteiger partial charge on any atom is -0.398 e. The van der Waals surface area contributed by atoms with Crippen LogP contribution in [0.3, 0.4) is 0 Å². The Kier molecular flexibility index (Phi) is 4.50. The number of ketones is 1. The van der Waals surface area contributed by atoms with Crippen LogP contribution in [-0.2, 0) is 0 Å². The Labute approximate surface area is 113 Å². The summed E-state index contributed by atoms with van der Waals surface area (Å²) in [6, 6.07) is 9.34. The van der Waals surface area contributed by atoms with E-state index in [-0.39, 0.29) is 5.78 Å². The van der Waals surface area contributed by atoms with Crippen LogP contribution in [0.1, 0.15) is 49.5 Å². The molecule has 0 amide bonds. The Morgan fingerprint density at radius 3 is 2.79 bits per heavy atom. The van der Waals surface area contributed by atoms with Crippen LogP contribution < -0.4 is 5.73 Å². The van der Waals surface area contributed by atoms with Crippen molar-refractivity contribution in [2.75, 3.05) is 5.73 Å². The molecule has 0 fully saturated rings. The third-order valence-electron chi connectivity index (χ3n) is 3.29. The molecule has 1 aromatic heterocycles. The Hall–Kier alpha value is -1.90. The molecule has 0 saturated carbocycles. The van der Waals surface area contributed by atoms with Crippen LogP contribution in [0.15, 0.2) is 30.3 Å². The first-order chi connectivity index (χ1) is 9.22. The number of aromatic nitrogens is 1. The third-order valence-corrected chi connectivity index (χ3v) is 3.29. The maximum atomic E-state index is 12.1. The second-order valence-corrected chi connectivity index (χ2v) is 4.85. The maximum absolute atomic E-state index is 12.1. The number of carbonyl (C=O) groups excluding carboxylic acids is 1. The van der Waals surface area contributed by atoms with Gasteiger partial charge in [-0.25, -0.2) is 4.98 Å². The monoisotopic (exact) mass is 256 g/mol. The molecule has 2 aromatic rings. The van der Waals surface area contributed by atoms with E-state index >= 15 is 0 Å². The number of para-hydroxylation sites is 1. The highest BCUT2D eigenvalue weighted by molar-refractivity contribution is 6.00. The number of hydrogen-bond donors (Lipinski definition) is 1. The molecule has 100 valence electrons. The fourth-order valence-electron chi connectivity index (χ4n) is 2.19. The van der Waals surface area contributed by atoms with Crippen LogP contribution in [0.25, 0.3) is 10.9 Å². The number of rotatable bonds is 6. The van der Waals surface area contributed by atoms with E-state index in [1.807, 2.05) is 24.3 Å². The van der Waals surface area contributed by atoms with Crippen molar-refractivity contribution < 1.29 is 4.79 Å². The lowest BCUT2D eigenvalue weighted by molar-refractivity contribution is 0.0974. The number of nitrogens with two attached hydrogens (primary N) is 1. The summed E-state index contributed by atoms with van der Waals surface area (Å²) in [6.07, 6.45) is 4.95. The maximum Gasteiger partial charge on any atom is 0.181 e. The van der Waals surface area contributed by atoms with Gasteiger partial charge in [0.1, 0.15) is 5.69 Å². The van der Waals surface area contributed by atoms with Crippen molar-refractivity contribution in [3.8, 4) is 0 Å². The molecule has 0 spiro atoms. The van der Waals surface area contributed by atoms with Gasteiger partial charge in [-0.05, 0) is 18.6 Å². The number of hydrogen-bond acceptors (Lipinski definition) is 3. The lowest BCUT2D eigenvalue weighted by Gasteiger charge is -2.05. The van der Waals surface area contributed by atoms with E-state index in [9.17, 15) is 4.79 Å². The van der Waals surface area contributed by atoms with Crippen LogP contribution >= 0.6 is 0 Å². The number of carbonyl (C=O) groups is 1. The molecule has 0 aliphatic heterocycles. The zero-order valence-electron chi connectivity index (χ0n) is 11.4. The molecule has 19 heavy (non-hydrogen) atoms. The fourth-order valence-corrected chi connectivity index (χ4v) is 2.19. The highest BCUT2D eigenvalue weighted by atomic mass is 16.1. The lowest BCUT2D eigenvalue weighted by Crippen LogP contribution is -2.04. The Balaban J connectivity index is 2.14. The summed E-state index contributed by atoms with van der Waals surface area (Å²) in [4.78, 5) is 16.5. The first kappa shape index (κ1) is 13.5. The Morgan fingerprint density at radius 2 is 2.00 bits per heavy atom. The van der Waals surface area contributed by atoms with Crippen LogP contribution in [0.2, 0.25) is 0 Å². The van der Waals surface area contributed by atoms with E-state index in [1.165, 1.54) is 12.8 Å². The normalized spacial score (nSPS) is 10.8. The van der Waals surface area contributed by atoms with Crippen molar-refractivity contribution in [3.63, 3.8) is 0 Å². The minimum atomic E-state index is 0.0913. The first-order valence-corrected chi connectivity index (χ1v) is 6.91. The van der Waals surface area contributed by atoms with Gasteiger partial charge in [-0.2, -0.15) is 0 Å². The molecule has 3 nitrogen and oxygen atoms in total. The highest BCUT2D eigenvalue weighted by Gasteiger charge is 2.10. The van der Waals surface area contributed by atoms with Gasteiger partial charge in [0.05, 0.1) is 5.52 Å². The average Bonchev–Trinajstić information content (AvgIpc) is 2.43. The number of unbranched alkanes of at least 4 members (excludes halogenated alkanes) is 3. The number of pyridine rings is 1. The summed E-state index contributed by atoms with van der Waals surface area (Å²) in [5.41, 5.74) is 7.89. The van der Waals surface area contributed by atoms with Gasteiger partial charge in [0.25, 0.3) is 0 Å². The minimum absolute atomic E-state index is 0.0913. The number of Topliss-reactive ketones (excluding diaryl/α,β-unsaturated/α-hetero) is 1. The van der Waals surface area contributed by atoms with Gasteiger partial charge in [-0.3, -0.25) is 4.79 Å². The molecule has 0 radical (unpaired) electrons. The predicted molar refractivity (Wildman–Crippen MR) is 79.2 cm³/mol. The largest absolute Gasteiger partial charge is 0.398 e. The molecular weight excluding hydrogens is 236 g/mol. The summed E-state index contributed by atoms with van der Waals surface area (Å²) in [7, 11) is 0. The van der Waals surface area contributed by atoms with Gasteiger partial charge >= 0.3 is 0 Å². The quantitative estimate of drug-likeness (QED) is 0.628. The van der Waals surface area contributed by atoms with Crippen molar-refractivity contribution in [3.05, 3.63) is 36.0 Å². The zero-order chi connectivity index (χ0) is 13.7. The van der Waals surface area contributed by atoms with E-state index in [1.54, 1.807) is 6.07 Å². The van der Waals surface area contributed by atoms with Gasteiger partial charge in [-0.15, -0.1) is 0 Å². The van der Waals surface area contributed by atoms with E-state index in [0.717, 1.165) is 23.7 Å². The second-order valence-electron chi connectivity index (χ2n) is 4.85. The van der Waals surface area contributed by atoms with E-state index < -0.39 is 0 Å². The van der Waals surface area contributed by atoms with Crippen molar-refractivity contribution >= 4 is 22.4 Å². The molecule has 3 heteroatoms. The summed E-state index contributed by atoms with van der Waals surface area (Å²) in [5, 5.41) is 0.907. The summed E-state index contributed by atoms with van der Waals surface area (Å²) >= 11 is 0. The molecule has 1 heterocycles. The van der Waals surface area contributed by atoms with Gasteiger partial charge in [-0.1, -0.05) is 44.4 Å². The van der Waals surface area contributed by atoms with Gasteiger partial charge < -0.3 is 5.73 Å². The Morgan fingerprint density at radius 1 is 1.21 bits per heavy atom. The summed E-state index contributed by atoms with van der Waals surface area (Å²) < 4.78 is 0. The lowest BCUT2D eigenvalue weighted by atomic mass is 10.1. The fraction of sp³-hybridized carbons (Fsp3) is 0.375. The standard InChI is InChI=1S/C16H20N2O/c1-2-3-4-5-10-16(19)15-11-13(17)12-8-6-7-9-14(12)18-15/h6-9,11H,2-5,10H2,1H3,(H2,17,18). The second kappa shape index (κ2) is 6.32. The molecule has 2 rings (SSSR count). The van der Waals surface area contributed by atoms with Crippen LogP contribution in [0.5, 0.6) is 0 Å². The number of anilines is 1. The van der Waals surface area contributed by atoms with E-state index in [0.29, 0.717) is 17.8 Å². The van der Waals surface area contributed by atoms with Crippen molar-refractivity contribution in [1.82, 2.24) is 4.98 Å². The van der Waals surface area contributed by atoms with Gasteiger partial charge in [0.2, 0.25) is 0 Å². The molecule has 0 aliphatic carbocycles. The van der Waals surface area contributed by atoms with Crippen LogP contribution in [0, 0.1) is 0 Å². The van der Waals surface area contributed by atoms with E-state index in [4.69, 9.17) is 5.73 Å². The van der Waals surface area contributed by atoms with Crippen molar-refractivity contribution in [2.24, 2.45) is 0 Å². The average molecular weight is 256 g/mol. The smallest absolute Gasteiger partial charge is 0.181 e.